The number of aryl methyl sites for hydroxylation is 1. The molecule has 6 aromatic rings. The third kappa shape index (κ3) is 3.86. The fourth-order valence-corrected chi connectivity index (χ4v) is 4.19. The van der Waals surface area contributed by atoms with Crippen LogP contribution in [0, 0.1) is 6.92 Å². The predicted octanol–water partition coefficient (Wildman–Crippen LogP) is 5.28. The number of fused-ring (bicyclic) bond motifs is 2. The summed E-state index contributed by atoms with van der Waals surface area (Å²) < 4.78 is 0. The first-order valence-corrected chi connectivity index (χ1v) is 11.6. The average Bonchev–Trinajstić information content (AvgIpc) is 3.52. The highest BCUT2D eigenvalue weighted by Gasteiger charge is 2.17. The zero-order chi connectivity index (χ0) is 24.6. The van der Waals surface area contributed by atoms with E-state index in [0.717, 1.165) is 33.2 Å². The van der Waals surface area contributed by atoms with Crippen molar-refractivity contribution in [1.29, 1.82) is 0 Å². The molecule has 5 aromatic heterocycles. The van der Waals surface area contributed by atoms with E-state index in [2.05, 4.69) is 55.6 Å². The van der Waals surface area contributed by atoms with Crippen LogP contribution in [0.25, 0.3) is 56.0 Å². The maximum Gasteiger partial charge on any atom is 0.224 e. The summed E-state index contributed by atoms with van der Waals surface area (Å²) in [6.45, 7) is 3.87. The van der Waals surface area contributed by atoms with Crippen LogP contribution in [-0.2, 0) is 4.79 Å². The Hall–Kier alpha value is -4.92. The minimum absolute atomic E-state index is 0.0705. The third-order valence-corrected chi connectivity index (χ3v) is 5.99. The van der Waals surface area contributed by atoms with Crippen molar-refractivity contribution < 1.29 is 4.79 Å². The van der Waals surface area contributed by atoms with Crippen LogP contribution in [0.2, 0.25) is 0 Å². The third-order valence-electron chi connectivity index (χ3n) is 5.99. The number of imidazole rings is 1. The zero-order valence-electron chi connectivity index (χ0n) is 19.7. The van der Waals surface area contributed by atoms with E-state index >= 15 is 0 Å². The summed E-state index contributed by atoms with van der Waals surface area (Å²) in [6.07, 6.45) is 7.33. The Labute approximate surface area is 206 Å². The van der Waals surface area contributed by atoms with E-state index in [4.69, 9.17) is 9.97 Å². The number of carbonyl (C=O) groups is 1. The van der Waals surface area contributed by atoms with E-state index in [1.807, 2.05) is 30.5 Å². The van der Waals surface area contributed by atoms with Crippen molar-refractivity contribution in [3.63, 3.8) is 0 Å². The molecule has 0 spiro atoms. The maximum absolute atomic E-state index is 11.8. The molecule has 0 aliphatic rings. The lowest BCUT2D eigenvalue weighted by Gasteiger charge is -2.06. The number of rotatable bonds is 5. The number of pyridine rings is 3. The zero-order valence-corrected chi connectivity index (χ0v) is 19.7. The van der Waals surface area contributed by atoms with Gasteiger partial charge in [-0.15, -0.1) is 0 Å². The second-order valence-corrected chi connectivity index (χ2v) is 8.57. The van der Waals surface area contributed by atoms with Gasteiger partial charge in [-0.1, -0.05) is 36.8 Å². The summed E-state index contributed by atoms with van der Waals surface area (Å²) in [6, 6.07) is 13.9. The number of hydrogen-bond acceptors (Lipinski definition) is 6. The Morgan fingerprint density at radius 2 is 1.81 bits per heavy atom. The second-order valence-electron chi connectivity index (χ2n) is 8.57. The molecule has 0 atom stereocenters. The average molecular weight is 475 g/mol. The molecule has 9 nitrogen and oxygen atoms in total. The molecule has 6 rings (SSSR count). The molecule has 0 bridgehead atoms. The lowest BCUT2D eigenvalue weighted by Crippen LogP contribution is -2.09. The van der Waals surface area contributed by atoms with Crippen molar-refractivity contribution in [3.05, 3.63) is 72.8 Å². The number of amides is 1. The predicted molar refractivity (Wildman–Crippen MR) is 139 cm³/mol. The number of aromatic amines is 2. The second kappa shape index (κ2) is 8.70. The SMILES string of the molecule is CCC(=O)Nc1cncc(-c2ccc3[nH]nc(-c4nc5c(-c6cccc(C)c6)cncc5[nH]4)c3n2)c1. The van der Waals surface area contributed by atoms with Gasteiger partial charge >= 0.3 is 0 Å². The van der Waals surface area contributed by atoms with Crippen molar-refractivity contribution in [2.75, 3.05) is 5.32 Å². The lowest BCUT2D eigenvalue weighted by molar-refractivity contribution is -0.115. The lowest BCUT2D eigenvalue weighted by atomic mass is 10.0. The van der Waals surface area contributed by atoms with Crippen LogP contribution in [0.4, 0.5) is 5.69 Å². The molecule has 0 unspecified atom stereocenters. The van der Waals surface area contributed by atoms with Crippen LogP contribution < -0.4 is 5.32 Å². The summed E-state index contributed by atoms with van der Waals surface area (Å²) in [4.78, 5) is 33.6. The molecule has 0 aliphatic carbocycles. The van der Waals surface area contributed by atoms with Crippen molar-refractivity contribution in [1.82, 2.24) is 35.1 Å². The smallest absolute Gasteiger partial charge is 0.224 e. The Morgan fingerprint density at radius 1 is 0.917 bits per heavy atom. The van der Waals surface area contributed by atoms with Gasteiger partial charge in [0.05, 0.1) is 40.3 Å². The fourth-order valence-electron chi connectivity index (χ4n) is 4.19. The summed E-state index contributed by atoms with van der Waals surface area (Å²) in [7, 11) is 0. The van der Waals surface area contributed by atoms with E-state index in [0.29, 0.717) is 34.8 Å². The topological polar surface area (TPSA) is 125 Å². The first-order chi connectivity index (χ1) is 17.6. The molecular weight excluding hydrogens is 452 g/mol. The monoisotopic (exact) mass is 474 g/mol. The van der Waals surface area contributed by atoms with Crippen molar-refractivity contribution >= 4 is 33.7 Å². The van der Waals surface area contributed by atoms with Gasteiger partial charge < -0.3 is 10.3 Å². The minimum atomic E-state index is -0.0705. The molecule has 176 valence electrons. The van der Waals surface area contributed by atoms with Gasteiger partial charge in [0, 0.05) is 29.9 Å². The van der Waals surface area contributed by atoms with Crippen molar-refractivity contribution in [2.24, 2.45) is 0 Å². The van der Waals surface area contributed by atoms with E-state index < -0.39 is 0 Å². The molecule has 3 N–H and O–H groups in total. The Bertz CT molecular complexity index is 1750. The molecule has 0 fully saturated rings. The van der Waals surface area contributed by atoms with E-state index in [1.165, 1.54) is 5.56 Å². The molecule has 1 aromatic carbocycles. The quantitative estimate of drug-likeness (QED) is 0.312. The van der Waals surface area contributed by atoms with Gasteiger partial charge in [0.1, 0.15) is 5.52 Å². The van der Waals surface area contributed by atoms with Gasteiger partial charge in [-0.05, 0) is 30.7 Å². The Morgan fingerprint density at radius 3 is 2.67 bits per heavy atom. The van der Waals surface area contributed by atoms with Gasteiger partial charge in [0.15, 0.2) is 11.5 Å². The number of nitrogens with zero attached hydrogens (tertiary/aromatic N) is 5. The molecule has 0 saturated heterocycles. The maximum atomic E-state index is 11.8. The first kappa shape index (κ1) is 21.6. The van der Waals surface area contributed by atoms with Gasteiger partial charge in [0.25, 0.3) is 0 Å². The molecule has 0 aliphatic heterocycles. The molecular formula is C27H22N8O. The first-order valence-electron chi connectivity index (χ1n) is 11.6. The van der Waals surface area contributed by atoms with Crippen LogP contribution in [0.5, 0.6) is 0 Å². The number of aromatic nitrogens is 7. The molecule has 0 saturated carbocycles. The van der Waals surface area contributed by atoms with Gasteiger partial charge in [-0.25, -0.2) is 9.97 Å². The van der Waals surface area contributed by atoms with Crippen LogP contribution in [0.1, 0.15) is 18.9 Å². The highest BCUT2D eigenvalue weighted by atomic mass is 16.1. The number of hydrogen-bond donors (Lipinski definition) is 3. The van der Waals surface area contributed by atoms with E-state index in [9.17, 15) is 4.79 Å². The highest BCUT2D eigenvalue weighted by molar-refractivity contribution is 5.96. The van der Waals surface area contributed by atoms with E-state index in [-0.39, 0.29) is 5.91 Å². The number of H-pyrrole nitrogens is 2. The van der Waals surface area contributed by atoms with Gasteiger partial charge in [-0.3, -0.25) is 19.9 Å². The summed E-state index contributed by atoms with van der Waals surface area (Å²) in [5, 5.41) is 10.4. The van der Waals surface area contributed by atoms with Crippen LogP contribution >= 0.6 is 0 Å². The number of benzene rings is 1. The van der Waals surface area contributed by atoms with Crippen molar-refractivity contribution in [3.8, 4) is 33.9 Å². The fraction of sp³-hybridized carbons (Fsp3) is 0.111. The minimum Gasteiger partial charge on any atom is -0.335 e. The Kier molecular flexibility index (Phi) is 5.22. The van der Waals surface area contributed by atoms with Crippen LogP contribution in [0.15, 0.2) is 67.3 Å². The number of nitrogens with one attached hydrogen (secondary N) is 3. The van der Waals surface area contributed by atoms with Crippen LogP contribution in [-0.4, -0.2) is 41.0 Å². The molecule has 1 amide bonds. The molecule has 5 heterocycles. The Balaban J connectivity index is 1.43. The van der Waals surface area contributed by atoms with E-state index in [1.54, 1.807) is 25.5 Å². The summed E-state index contributed by atoms with van der Waals surface area (Å²) in [5.41, 5.74) is 9.02. The highest BCUT2D eigenvalue weighted by Crippen LogP contribution is 2.31. The van der Waals surface area contributed by atoms with Gasteiger partial charge in [0.2, 0.25) is 5.91 Å². The summed E-state index contributed by atoms with van der Waals surface area (Å²) >= 11 is 0. The van der Waals surface area contributed by atoms with Crippen LogP contribution in [0.3, 0.4) is 0 Å². The number of anilines is 1. The van der Waals surface area contributed by atoms with Crippen molar-refractivity contribution in [2.45, 2.75) is 20.3 Å². The largest absolute Gasteiger partial charge is 0.335 e. The molecule has 9 heteroatoms. The number of carbonyl (C=O) groups excluding carboxylic acids is 1. The molecule has 0 radical (unpaired) electrons. The normalized spacial score (nSPS) is 11.3. The van der Waals surface area contributed by atoms with Gasteiger partial charge in [-0.2, -0.15) is 5.10 Å². The summed E-state index contributed by atoms with van der Waals surface area (Å²) in [5.74, 6) is 0.531. The molecule has 36 heavy (non-hydrogen) atoms. The standard InChI is InChI=1S/C27H22N8O/c1-3-23(36)30-18-10-17(11-28-12-18)20-7-8-21-25(31-20)26(35-34-21)27-32-22-14-29-13-19(24(22)33-27)16-6-4-5-15(2)9-16/h4-14H,3H2,1-2H3,(H,30,36)(H,32,33)(H,34,35).